The van der Waals surface area contributed by atoms with Gasteiger partial charge in [-0.2, -0.15) is 0 Å². The summed E-state index contributed by atoms with van der Waals surface area (Å²) >= 11 is 0. The summed E-state index contributed by atoms with van der Waals surface area (Å²) in [4.78, 5) is 24.2. The molecule has 26 heavy (non-hydrogen) atoms. The van der Waals surface area contributed by atoms with Crippen molar-refractivity contribution in [3.63, 3.8) is 0 Å². The molecule has 1 aliphatic heterocycles. The number of carbonyl (C=O) groups is 2. The number of terminal acetylenes is 1. The Morgan fingerprint density at radius 1 is 1.31 bits per heavy atom. The van der Waals surface area contributed by atoms with Crippen LogP contribution in [0.5, 0.6) is 0 Å². The molecule has 0 fully saturated rings. The van der Waals surface area contributed by atoms with Gasteiger partial charge in [0.25, 0.3) is 5.91 Å². The number of ketones is 1. The van der Waals surface area contributed by atoms with Crippen molar-refractivity contribution in [2.45, 2.75) is 45.6 Å². The third-order valence-electron chi connectivity index (χ3n) is 5.26. The molecule has 0 aromatic heterocycles. The monoisotopic (exact) mass is 351 g/mol. The van der Waals surface area contributed by atoms with Crippen molar-refractivity contribution in [2.24, 2.45) is 11.1 Å². The third kappa shape index (κ3) is 3.20. The fourth-order valence-electron chi connectivity index (χ4n) is 3.98. The normalized spacial score (nSPS) is 23.8. The van der Waals surface area contributed by atoms with Gasteiger partial charge in [-0.25, -0.2) is 0 Å². The molecule has 0 spiro atoms. The average molecular weight is 351 g/mol. The van der Waals surface area contributed by atoms with Crippen molar-refractivity contribution in [3.05, 3.63) is 40.6 Å². The maximum Gasteiger partial charge on any atom is 0.250 e. The molecule has 4 N–H and O–H groups in total. The zero-order valence-electron chi connectivity index (χ0n) is 15.5. The van der Waals surface area contributed by atoms with Gasteiger partial charge in [0.2, 0.25) is 0 Å². The number of hydrogen-bond donors (Lipinski definition) is 3. The van der Waals surface area contributed by atoms with Crippen LogP contribution in [-0.4, -0.2) is 18.2 Å². The SMILES string of the molecule is C#CCNc1cc(C2(C)CC3=C(CC(C)(C)CC3=O)N2)ccc1C(N)=O. The van der Waals surface area contributed by atoms with Gasteiger partial charge in [-0.05, 0) is 36.5 Å². The van der Waals surface area contributed by atoms with Gasteiger partial charge in [0.05, 0.1) is 17.6 Å². The lowest BCUT2D eigenvalue weighted by Gasteiger charge is -2.31. The van der Waals surface area contributed by atoms with Crippen molar-refractivity contribution in [3.8, 4) is 12.3 Å². The summed E-state index contributed by atoms with van der Waals surface area (Å²) in [5.74, 6) is 2.23. The van der Waals surface area contributed by atoms with Gasteiger partial charge in [0.15, 0.2) is 5.78 Å². The standard InChI is InChI=1S/C21H25N3O2/c1-5-8-23-16-9-13(6-7-14(16)19(22)26)21(4)10-15-17(24-21)11-20(2,3)12-18(15)25/h1,6-7,9,23-24H,8,10-12H2,2-4H3,(H2,22,26). The number of hydrogen-bond acceptors (Lipinski definition) is 4. The number of primary amides is 1. The lowest BCUT2D eigenvalue weighted by atomic mass is 9.75. The highest BCUT2D eigenvalue weighted by Gasteiger charge is 2.43. The highest BCUT2D eigenvalue weighted by molar-refractivity contribution is 5.99. The molecule has 3 rings (SSSR count). The first-order valence-corrected chi connectivity index (χ1v) is 8.80. The van der Waals surface area contributed by atoms with E-state index in [4.69, 9.17) is 12.2 Å². The van der Waals surface area contributed by atoms with E-state index in [0.29, 0.717) is 30.6 Å². The van der Waals surface area contributed by atoms with E-state index in [1.165, 1.54) is 0 Å². The van der Waals surface area contributed by atoms with Crippen LogP contribution in [0.4, 0.5) is 5.69 Å². The van der Waals surface area contributed by atoms with Crippen LogP contribution in [0, 0.1) is 17.8 Å². The lowest BCUT2D eigenvalue weighted by Crippen LogP contribution is -2.35. The van der Waals surface area contributed by atoms with Gasteiger partial charge < -0.3 is 16.4 Å². The number of Topliss-reactive ketones (excluding diaryl/α,β-unsaturated/α-hetero) is 1. The van der Waals surface area contributed by atoms with Crippen molar-refractivity contribution in [2.75, 3.05) is 11.9 Å². The van der Waals surface area contributed by atoms with Crippen molar-refractivity contribution in [1.82, 2.24) is 5.32 Å². The zero-order valence-corrected chi connectivity index (χ0v) is 15.5. The zero-order chi connectivity index (χ0) is 19.1. The Kier molecular flexibility index (Phi) is 4.31. The van der Waals surface area contributed by atoms with E-state index in [-0.39, 0.29) is 11.2 Å². The summed E-state index contributed by atoms with van der Waals surface area (Å²) in [6.07, 6.45) is 7.41. The number of amides is 1. The van der Waals surface area contributed by atoms with Gasteiger partial charge in [0, 0.05) is 29.8 Å². The van der Waals surface area contributed by atoms with Crippen molar-refractivity contribution < 1.29 is 9.59 Å². The summed E-state index contributed by atoms with van der Waals surface area (Å²) in [6, 6.07) is 5.51. The molecule has 1 aromatic rings. The smallest absolute Gasteiger partial charge is 0.250 e. The molecule has 1 aliphatic carbocycles. The van der Waals surface area contributed by atoms with Crippen molar-refractivity contribution >= 4 is 17.4 Å². The molecule has 0 radical (unpaired) electrons. The summed E-state index contributed by atoms with van der Waals surface area (Å²) in [5, 5.41) is 6.64. The number of benzene rings is 1. The summed E-state index contributed by atoms with van der Waals surface area (Å²) in [5.41, 5.74) is 9.01. The number of anilines is 1. The number of allylic oxidation sites excluding steroid dienone is 1. The van der Waals surface area contributed by atoms with E-state index in [0.717, 1.165) is 23.3 Å². The molecule has 1 amide bonds. The highest BCUT2D eigenvalue weighted by Crippen LogP contribution is 2.45. The van der Waals surface area contributed by atoms with Crippen LogP contribution in [0.3, 0.4) is 0 Å². The Hall–Kier alpha value is -2.74. The third-order valence-corrected chi connectivity index (χ3v) is 5.26. The molecule has 1 unspecified atom stereocenters. The van der Waals surface area contributed by atoms with E-state index < -0.39 is 11.4 Å². The minimum Gasteiger partial charge on any atom is -0.378 e. The van der Waals surface area contributed by atoms with Gasteiger partial charge in [-0.1, -0.05) is 25.8 Å². The number of carbonyl (C=O) groups excluding carboxylic acids is 2. The first kappa shape index (κ1) is 18.1. The lowest BCUT2D eigenvalue weighted by molar-refractivity contribution is -0.118. The van der Waals surface area contributed by atoms with Crippen LogP contribution in [0.2, 0.25) is 0 Å². The summed E-state index contributed by atoms with van der Waals surface area (Å²) in [7, 11) is 0. The molecule has 1 heterocycles. The second-order valence-electron chi connectivity index (χ2n) is 8.21. The Balaban J connectivity index is 1.94. The molecule has 136 valence electrons. The Morgan fingerprint density at radius 2 is 2.04 bits per heavy atom. The van der Waals surface area contributed by atoms with Crippen LogP contribution in [0.1, 0.15) is 56.0 Å². The molecule has 0 saturated carbocycles. The van der Waals surface area contributed by atoms with Gasteiger partial charge >= 0.3 is 0 Å². The number of rotatable bonds is 4. The van der Waals surface area contributed by atoms with Crippen LogP contribution in [0.15, 0.2) is 29.5 Å². The largest absolute Gasteiger partial charge is 0.378 e. The fraction of sp³-hybridized carbons (Fsp3) is 0.429. The topological polar surface area (TPSA) is 84.2 Å². The molecule has 0 bridgehead atoms. The van der Waals surface area contributed by atoms with Gasteiger partial charge in [0.1, 0.15) is 0 Å². The van der Waals surface area contributed by atoms with Crippen LogP contribution in [0.25, 0.3) is 0 Å². The molecule has 5 nitrogen and oxygen atoms in total. The minimum atomic E-state index is -0.505. The van der Waals surface area contributed by atoms with Crippen molar-refractivity contribution in [1.29, 1.82) is 0 Å². The van der Waals surface area contributed by atoms with Crippen LogP contribution in [-0.2, 0) is 10.3 Å². The molecular weight excluding hydrogens is 326 g/mol. The first-order chi connectivity index (χ1) is 12.1. The molecule has 0 saturated heterocycles. The van der Waals surface area contributed by atoms with E-state index in [1.54, 1.807) is 6.07 Å². The fourth-order valence-corrected chi connectivity index (χ4v) is 3.98. The first-order valence-electron chi connectivity index (χ1n) is 8.80. The predicted molar refractivity (Wildman–Crippen MR) is 102 cm³/mol. The molecule has 5 heteroatoms. The Morgan fingerprint density at radius 3 is 2.69 bits per heavy atom. The number of nitrogens with one attached hydrogen (secondary N) is 2. The summed E-state index contributed by atoms with van der Waals surface area (Å²) < 4.78 is 0. The maximum absolute atomic E-state index is 12.6. The highest BCUT2D eigenvalue weighted by atomic mass is 16.1. The molecular formula is C21H25N3O2. The van der Waals surface area contributed by atoms with E-state index in [9.17, 15) is 9.59 Å². The quantitative estimate of drug-likeness (QED) is 0.728. The van der Waals surface area contributed by atoms with E-state index >= 15 is 0 Å². The second kappa shape index (κ2) is 6.21. The van der Waals surface area contributed by atoms with Gasteiger partial charge in [-0.3, -0.25) is 9.59 Å². The molecule has 1 atom stereocenters. The second-order valence-corrected chi connectivity index (χ2v) is 8.21. The van der Waals surface area contributed by atoms with E-state index in [1.807, 2.05) is 12.1 Å². The Bertz CT molecular complexity index is 860. The minimum absolute atomic E-state index is 0.0243. The molecule has 1 aromatic carbocycles. The van der Waals surface area contributed by atoms with Gasteiger partial charge in [-0.15, -0.1) is 6.42 Å². The maximum atomic E-state index is 12.6. The van der Waals surface area contributed by atoms with E-state index in [2.05, 4.69) is 37.3 Å². The predicted octanol–water partition coefficient (Wildman–Crippen LogP) is 2.68. The Labute approximate surface area is 154 Å². The van der Waals surface area contributed by atoms with Crippen LogP contribution < -0.4 is 16.4 Å². The van der Waals surface area contributed by atoms with Crippen LogP contribution >= 0.6 is 0 Å². The molecule has 2 aliphatic rings. The number of nitrogens with two attached hydrogens (primary N) is 1. The summed E-state index contributed by atoms with van der Waals surface area (Å²) in [6.45, 7) is 6.62. The average Bonchev–Trinajstić information content (AvgIpc) is 2.89.